The highest BCUT2D eigenvalue weighted by molar-refractivity contribution is 6.01. The average molecular weight is 203 g/mol. The van der Waals surface area contributed by atoms with Crippen LogP contribution >= 0.6 is 0 Å². The van der Waals surface area contributed by atoms with Crippen molar-refractivity contribution >= 4 is 17.8 Å². The van der Waals surface area contributed by atoms with Crippen LogP contribution in [0.1, 0.15) is 0 Å². The van der Waals surface area contributed by atoms with Crippen LogP contribution in [0.2, 0.25) is 0 Å². The third-order valence-electron chi connectivity index (χ3n) is 1.76. The molecule has 0 aromatic heterocycles. The first-order valence-corrected chi connectivity index (χ1v) is 3.84. The Kier molecular flexibility index (Phi) is 3.15. The van der Waals surface area contributed by atoms with Gasteiger partial charge in [0.15, 0.2) is 6.04 Å². The predicted octanol–water partition coefficient (Wildman–Crippen LogP) is -2.18. The molecular weight excluding hydrogens is 194 g/mol. The standard InChI is InChI=1S/C7H9NO6/c9-1-4(7(12)13)8-5(10)2-14-3-6(8)11/h4,9H,1-3H2,(H,12,13). The molecule has 0 radical (unpaired) electrons. The van der Waals surface area contributed by atoms with E-state index in [2.05, 4.69) is 4.74 Å². The van der Waals surface area contributed by atoms with Gasteiger partial charge in [-0.2, -0.15) is 0 Å². The summed E-state index contributed by atoms with van der Waals surface area (Å²) >= 11 is 0. The summed E-state index contributed by atoms with van der Waals surface area (Å²) in [5.41, 5.74) is 0. The van der Waals surface area contributed by atoms with Gasteiger partial charge in [0.25, 0.3) is 11.8 Å². The van der Waals surface area contributed by atoms with Gasteiger partial charge in [0.05, 0.1) is 6.61 Å². The highest BCUT2D eigenvalue weighted by atomic mass is 16.5. The number of morpholine rings is 1. The van der Waals surface area contributed by atoms with E-state index in [9.17, 15) is 14.4 Å². The molecule has 1 atom stereocenters. The molecule has 2 N–H and O–H groups in total. The van der Waals surface area contributed by atoms with Gasteiger partial charge in [0, 0.05) is 0 Å². The van der Waals surface area contributed by atoms with E-state index in [0.29, 0.717) is 4.90 Å². The first-order chi connectivity index (χ1) is 6.57. The Bertz CT molecular complexity index is 259. The van der Waals surface area contributed by atoms with Crippen molar-refractivity contribution in [2.45, 2.75) is 6.04 Å². The molecule has 1 heterocycles. The number of aliphatic carboxylic acids is 1. The molecule has 0 saturated carbocycles. The topological polar surface area (TPSA) is 104 Å². The summed E-state index contributed by atoms with van der Waals surface area (Å²) in [6, 6.07) is -1.51. The minimum Gasteiger partial charge on any atom is -0.480 e. The third kappa shape index (κ3) is 1.88. The number of ether oxygens (including phenoxy) is 1. The molecule has 1 aliphatic heterocycles. The smallest absolute Gasteiger partial charge is 0.329 e. The van der Waals surface area contributed by atoms with Gasteiger partial charge < -0.3 is 14.9 Å². The number of aliphatic hydroxyl groups is 1. The molecule has 1 rings (SSSR count). The zero-order valence-corrected chi connectivity index (χ0v) is 7.17. The summed E-state index contributed by atoms with van der Waals surface area (Å²) in [6.45, 7) is -1.47. The maximum absolute atomic E-state index is 11.1. The van der Waals surface area contributed by atoms with Gasteiger partial charge in [-0.25, -0.2) is 4.79 Å². The van der Waals surface area contributed by atoms with Crippen LogP contribution in [0.5, 0.6) is 0 Å². The van der Waals surface area contributed by atoms with Crippen LogP contribution in [0.4, 0.5) is 0 Å². The second kappa shape index (κ2) is 4.16. The van der Waals surface area contributed by atoms with Crippen LogP contribution in [-0.2, 0) is 19.1 Å². The minimum atomic E-state index is -1.51. The van der Waals surface area contributed by atoms with Gasteiger partial charge in [0.1, 0.15) is 13.2 Å². The van der Waals surface area contributed by atoms with Crippen molar-refractivity contribution in [3.63, 3.8) is 0 Å². The number of rotatable bonds is 3. The molecule has 2 amide bonds. The first kappa shape index (κ1) is 10.6. The van der Waals surface area contributed by atoms with Crippen LogP contribution in [0, 0.1) is 0 Å². The van der Waals surface area contributed by atoms with E-state index in [0.717, 1.165) is 0 Å². The van der Waals surface area contributed by atoms with E-state index in [-0.39, 0.29) is 13.2 Å². The Morgan fingerprint density at radius 1 is 1.43 bits per heavy atom. The fourth-order valence-corrected chi connectivity index (χ4v) is 1.12. The van der Waals surface area contributed by atoms with Crippen molar-refractivity contribution < 1.29 is 29.3 Å². The molecule has 14 heavy (non-hydrogen) atoms. The summed E-state index contributed by atoms with van der Waals surface area (Å²) < 4.78 is 4.58. The summed E-state index contributed by atoms with van der Waals surface area (Å²) in [6.07, 6.45) is 0. The Morgan fingerprint density at radius 2 is 1.93 bits per heavy atom. The molecule has 78 valence electrons. The molecule has 0 aliphatic carbocycles. The van der Waals surface area contributed by atoms with Crippen molar-refractivity contribution in [1.82, 2.24) is 4.90 Å². The molecule has 0 aromatic rings. The molecule has 1 fully saturated rings. The van der Waals surface area contributed by atoms with E-state index >= 15 is 0 Å². The Balaban J connectivity index is 2.85. The van der Waals surface area contributed by atoms with E-state index in [4.69, 9.17) is 10.2 Å². The number of amides is 2. The van der Waals surface area contributed by atoms with Crippen LogP contribution in [0.25, 0.3) is 0 Å². The van der Waals surface area contributed by atoms with Gasteiger partial charge in [-0.05, 0) is 0 Å². The first-order valence-electron chi connectivity index (χ1n) is 3.84. The molecular formula is C7H9NO6. The van der Waals surface area contributed by atoms with Gasteiger partial charge in [-0.15, -0.1) is 0 Å². The van der Waals surface area contributed by atoms with Crippen LogP contribution in [-0.4, -0.2) is 58.8 Å². The highest BCUT2D eigenvalue weighted by Crippen LogP contribution is 2.06. The lowest BCUT2D eigenvalue weighted by Crippen LogP contribution is -2.55. The number of carboxylic acid groups (broad SMARTS) is 1. The van der Waals surface area contributed by atoms with E-state index in [1.807, 2.05) is 0 Å². The van der Waals surface area contributed by atoms with Crippen molar-refractivity contribution in [2.24, 2.45) is 0 Å². The maximum Gasteiger partial charge on any atom is 0.329 e. The predicted molar refractivity (Wildman–Crippen MR) is 41.2 cm³/mol. The normalized spacial score (nSPS) is 19.6. The molecule has 7 nitrogen and oxygen atoms in total. The zero-order chi connectivity index (χ0) is 10.7. The fourth-order valence-electron chi connectivity index (χ4n) is 1.12. The van der Waals surface area contributed by atoms with Crippen LogP contribution < -0.4 is 0 Å². The second-order valence-corrected chi connectivity index (χ2v) is 2.69. The molecule has 1 saturated heterocycles. The number of hydrogen-bond donors (Lipinski definition) is 2. The summed E-state index contributed by atoms with van der Waals surface area (Å²) in [4.78, 5) is 33.3. The number of imide groups is 1. The molecule has 1 aliphatic rings. The molecule has 0 bridgehead atoms. The average Bonchev–Trinajstić information content (AvgIpc) is 2.10. The van der Waals surface area contributed by atoms with Crippen molar-refractivity contribution in [3.8, 4) is 0 Å². The second-order valence-electron chi connectivity index (χ2n) is 2.69. The number of carboxylic acids is 1. The van der Waals surface area contributed by atoms with Crippen LogP contribution in [0.15, 0.2) is 0 Å². The quantitative estimate of drug-likeness (QED) is 0.505. The van der Waals surface area contributed by atoms with Gasteiger partial charge in [-0.1, -0.05) is 0 Å². The number of carbonyl (C=O) groups is 3. The summed E-state index contributed by atoms with van der Waals surface area (Å²) in [7, 11) is 0. The lowest BCUT2D eigenvalue weighted by atomic mass is 10.2. The third-order valence-corrected chi connectivity index (χ3v) is 1.76. The lowest BCUT2D eigenvalue weighted by molar-refractivity contribution is -0.169. The monoisotopic (exact) mass is 203 g/mol. The molecule has 7 heteroatoms. The fraction of sp³-hybridized carbons (Fsp3) is 0.571. The largest absolute Gasteiger partial charge is 0.480 e. The number of hydrogen-bond acceptors (Lipinski definition) is 5. The summed E-state index contributed by atoms with van der Waals surface area (Å²) in [5, 5.41) is 17.3. The van der Waals surface area contributed by atoms with Gasteiger partial charge >= 0.3 is 5.97 Å². The van der Waals surface area contributed by atoms with Crippen molar-refractivity contribution in [2.75, 3.05) is 19.8 Å². The van der Waals surface area contributed by atoms with E-state index in [1.165, 1.54) is 0 Å². The van der Waals surface area contributed by atoms with Crippen molar-refractivity contribution in [1.29, 1.82) is 0 Å². The molecule has 0 aromatic carbocycles. The van der Waals surface area contributed by atoms with Crippen LogP contribution in [0.3, 0.4) is 0 Å². The van der Waals surface area contributed by atoms with Gasteiger partial charge in [0.2, 0.25) is 0 Å². The summed E-state index contributed by atoms with van der Waals surface area (Å²) in [5.74, 6) is -2.92. The van der Waals surface area contributed by atoms with E-state index < -0.39 is 30.4 Å². The van der Waals surface area contributed by atoms with Gasteiger partial charge in [-0.3, -0.25) is 14.5 Å². The SMILES string of the molecule is O=C(O)C(CO)N1C(=O)COCC1=O. The Morgan fingerprint density at radius 3 is 2.29 bits per heavy atom. The number of aliphatic hydroxyl groups excluding tert-OH is 1. The van der Waals surface area contributed by atoms with E-state index in [1.54, 1.807) is 0 Å². The number of carbonyl (C=O) groups excluding carboxylic acids is 2. The lowest BCUT2D eigenvalue weighted by Gasteiger charge is -2.28. The molecule has 1 unspecified atom stereocenters. The van der Waals surface area contributed by atoms with Crippen molar-refractivity contribution in [3.05, 3.63) is 0 Å². The highest BCUT2D eigenvalue weighted by Gasteiger charge is 2.36. The Hall–Kier alpha value is -1.47. The number of nitrogens with zero attached hydrogens (tertiary/aromatic N) is 1. The zero-order valence-electron chi connectivity index (χ0n) is 7.17. The Labute approximate surface area is 78.9 Å². The minimum absolute atomic E-state index is 0.338. The maximum atomic E-state index is 11.1. The molecule has 0 spiro atoms.